The van der Waals surface area contributed by atoms with Crippen LogP contribution in [-0.4, -0.2) is 46.1 Å². The Morgan fingerprint density at radius 1 is 1.52 bits per heavy atom. The van der Waals surface area contributed by atoms with Crippen molar-refractivity contribution in [3.05, 3.63) is 30.1 Å². The fraction of sp³-hybridized carbons (Fsp3) is 0.588. The molecule has 0 saturated heterocycles. The molecule has 2 rings (SSSR count). The Morgan fingerprint density at radius 3 is 2.78 bits per heavy atom. The van der Waals surface area contributed by atoms with E-state index < -0.39 is 0 Å². The maximum Gasteiger partial charge on any atom is 0.257 e. The Kier molecular flexibility index (Phi) is 5.58. The van der Waals surface area contributed by atoms with E-state index in [1.165, 1.54) is 18.9 Å². The van der Waals surface area contributed by atoms with Gasteiger partial charge in [-0.1, -0.05) is 19.4 Å². The first kappa shape index (κ1) is 17.2. The van der Waals surface area contributed by atoms with Gasteiger partial charge in [0, 0.05) is 25.3 Å². The molecule has 1 atom stereocenters. The van der Waals surface area contributed by atoms with Crippen LogP contribution in [0.25, 0.3) is 0 Å². The number of nitrogens with zero attached hydrogens (tertiary/aromatic N) is 3. The van der Waals surface area contributed by atoms with Gasteiger partial charge in [0.2, 0.25) is 5.91 Å². The first-order chi connectivity index (χ1) is 11.0. The van der Waals surface area contributed by atoms with E-state index in [1.54, 1.807) is 18.1 Å². The van der Waals surface area contributed by atoms with Crippen LogP contribution in [0.1, 0.15) is 54.7 Å². The molecule has 1 heterocycles. The second-order valence-corrected chi connectivity index (χ2v) is 6.24. The van der Waals surface area contributed by atoms with E-state index >= 15 is 0 Å². The third-order valence-corrected chi connectivity index (χ3v) is 4.68. The summed E-state index contributed by atoms with van der Waals surface area (Å²) in [5, 5.41) is 7.15. The normalized spacial score (nSPS) is 16.1. The first-order valence-electron chi connectivity index (χ1n) is 8.17. The molecule has 0 aliphatic heterocycles. The summed E-state index contributed by atoms with van der Waals surface area (Å²) in [7, 11) is 1.75. The van der Waals surface area contributed by atoms with E-state index in [0.29, 0.717) is 18.2 Å². The third-order valence-electron chi connectivity index (χ3n) is 4.68. The lowest BCUT2D eigenvalue weighted by Gasteiger charge is -2.25. The van der Waals surface area contributed by atoms with Gasteiger partial charge in [-0.25, -0.2) is 0 Å². The Morgan fingerprint density at radius 2 is 2.17 bits per heavy atom. The second kappa shape index (κ2) is 7.44. The van der Waals surface area contributed by atoms with E-state index in [1.807, 2.05) is 18.5 Å². The monoisotopic (exact) mass is 318 g/mol. The minimum Gasteiger partial charge on any atom is -0.351 e. The number of carbonyl (C=O) groups excluding carboxylic acids is 2. The van der Waals surface area contributed by atoms with Crippen LogP contribution in [0.3, 0.4) is 0 Å². The average molecular weight is 318 g/mol. The van der Waals surface area contributed by atoms with Gasteiger partial charge >= 0.3 is 0 Å². The highest BCUT2D eigenvalue weighted by molar-refractivity contribution is 5.95. The minimum atomic E-state index is -0.233. The zero-order valence-corrected chi connectivity index (χ0v) is 14.2. The van der Waals surface area contributed by atoms with Crippen LogP contribution in [0.4, 0.5) is 0 Å². The third kappa shape index (κ3) is 3.81. The summed E-state index contributed by atoms with van der Waals surface area (Å²) < 4.78 is 2.00. The van der Waals surface area contributed by atoms with Crippen LogP contribution in [0, 0.1) is 6.92 Å². The predicted octanol–water partition coefficient (Wildman–Crippen LogP) is 2.07. The van der Waals surface area contributed by atoms with E-state index in [0.717, 1.165) is 18.5 Å². The lowest BCUT2D eigenvalue weighted by Crippen LogP contribution is -2.42. The predicted molar refractivity (Wildman–Crippen MR) is 89.2 cm³/mol. The SMILES string of the molecule is C=CC(=O)NCC(C)N(C)C(=O)c1cnn(C2CCCC2)c1C. The number of aromatic nitrogens is 2. The number of carbonyl (C=O) groups is 2. The van der Waals surface area contributed by atoms with Crippen LogP contribution in [0.15, 0.2) is 18.9 Å². The molecule has 1 fully saturated rings. The zero-order chi connectivity index (χ0) is 17.0. The summed E-state index contributed by atoms with van der Waals surface area (Å²) in [6.07, 6.45) is 7.62. The molecule has 0 spiro atoms. The standard InChI is InChI=1S/C17H26N4O2/c1-5-16(22)18-10-12(2)20(4)17(23)15-11-19-21(13(15)3)14-8-6-7-9-14/h5,11-12,14H,1,6-10H2,2-4H3,(H,18,22). The van der Waals surface area contributed by atoms with Crippen molar-refractivity contribution in [1.29, 1.82) is 0 Å². The minimum absolute atomic E-state index is 0.0629. The van der Waals surface area contributed by atoms with Crippen LogP contribution in [0.2, 0.25) is 0 Å². The number of hydrogen-bond acceptors (Lipinski definition) is 3. The van der Waals surface area contributed by atoms with Gasteiger partial charge in [0.25, 0.3) is 5.91 Å². The van der Waals surface area contributed by atoms with E-state index in [2.05, 4.69) is 17.0 Å². The summed E-state index contributed by atoms with van der Waals surface area (Å²) in [5.74, 6) is -0.296. The highest BCUT2D eigenvalue weighted by Crippen LogP contribution is 2.30. The van der Waals surface area contributed by atoms with E-state index in [-0.39, 0.29) is 17.9 Å². The number of nitrogens with one attached hydrogen (secondary N) is 1. The first-order valence-corrected chi connectivity index (χ1v) is 8.17. The maximum absolute atomic E-state index is 12.7. The van der Waals surface area contributed by atoms with Crippen molar-refractivity contribution in [1.82, 2.24) is 20.0 Å². The van der Waals surface area contributed by atoms with Crippen LogP contribution >= 0.6 is 0 Å². The van der Waals surface area contributed by atoms with Crippen molar-refractivity contribution in [2.75, 3.05) is 13.6 Å². The molecule has 0 aromatic carbocycles. The van der Waals surface area contributed by atoms with Gasteiger partial charge in [0.05, 0.1) is 17.8 Å². The molecule has 2 amide bonds. The summed E-state index contributed by atoms with van der Waals surface area (Å²) in [6, 6.07) is 0.312. The Bertz CT molecular complexity index is 587. The van der Waals surface area contributed by atoms with Gasteiger partial charge in [0.1, 0.15) is 0 Å². The van der Waals surface area contributed by atoms with Gasteiger partial charge in [-0.05, 0) is 32.8 Å². The van der Waals surface area contributed by atoms with Crippen molar-refractivity contribution in [3.8, 4) is 0 Å². The molecule has 1 aromatic rings. The molecular weight excluding hydrogens is 292 g/mol. The smallest absolute Gasteiger partial charge is 0.257 e. The molecule has 126 valence electrons. The zero-order valence-electron chi connectivity index (χ0n) is 14.2. The van der Waals surface area contributed by atoms with E-state index in [9.17, 15) is 9.59 Å². The maximum atomic E-state index is 12.7. The number of likely N-dealkylation sites (N-methyl/N-ethyl adjacent to an activating group) is 1. The van der Waals surface area contributed by atoms with Gasteiger partial charge in [-0.15, -0.1) is 0 Å². The molecule has 1 saturated carbocycles. The quantitative estimate of drug-likeness (QED) is 0.817. The molecule has 6 nitrogen and oxygen atoms in total. The molecule has 23 heavy (non-hydrogen) atoms. The number of amides is 2. The van der Waals surface area contributed by atoms with Crippen molar-refractivity contribution in [2.45, 2.75) is 51.6 Å². The summed E-state index contributed by atoms with van der Waals surface area (Å²) in [5.41, 5.74) is 1.57. The second-order valence-electron chi connectivity index (χ2n) is 6.24. The molecule has 1 N–H and O–H groups in total. The fourth-order valence-electron chi connectivity index (χ4n) is 3.00. The van der Waals surface area contributed by atoms with E-state index in [4.69, 9.17) is 0 Å². The molecule has 1 aliphatic rings. The Balaban J connectivity index is 2.04. The van der Waals surface area contributed by atoms with Crippen molar-refractivity contribution >= 4 is 11.8 Å². The molecule has 6 heteroatoms. The van der Waals surface area contributed by atoms with Gasteiger partial charge < -0.3 is 10.2 Å². The average Bonchev–Trinajstić information content (AvgIpc) is 3.19. The summed E-state index contributed by atoms with van der Waals surface area (Å²) >= 11 is 0. The lowest BCUT2D eigenvalue weighted by molar-refractivity contribution is -0.116. The fourth-order valence-corrected chi connectivity index (χ4v) is 3.00. The Labute approximate surface area is 137 Å². The number of rotatable bonds is 6. The van der Waals surface area contributed by atoms with Gasteiger partial charge in [-0.3, -0.25) is 14.3 Å². The molecule has 1 aliphatic carbocycles. The van der Waals surface area contributed by atoms with Crippen LogP contribution < -0.4 is 5.32 Å². The molecule has 1 unspecified atom stereocenters. The molecule has 0 radical (unpaired) electrons. The lowest BCUT2D eigenvalue weighted by atomic mass is 10.2. The van der Waals surface area contributed by atoms with Gasteiger partial charge in [0.15, 0.2) is 0 Å². The topological polar surface area (TPSA) is 67.2 Å². The Hall–Kier alpha value is -2.11. The van der Waals surface area contributed by atoms with Gasteiger partial charge in [-0.2, -0.15) is 5.10 Å². The van der Waals surface area contributed by atoms with Crippen LogP contribution in [0.5, 0.6) is 0 Å². The van der Waals surface area contributed by atoms with Crippen molar-refractivity contribution < 1.29 is 9.59 Å². The van der Waals surface area contributed by atoms with Crippen molar-refractivity contribution in [2.24, 2.45) is 0 Å². The highest BCUT2D eigenvalue weighted by Gasteiger charge is 2.25. The van der Waals surface area contributed by atoms with Crippen molar-refractivity contribution in [3.63, 3.8) is 0 Å². The highest BCUT2D eigenvalue weighted by atomic mass is 16.2. The molecule has 0 bridgehead atoms. The molecule has 1 aromatic heterocycles. The van der Waals surface area contributed by atoms with Crippen LogP contribution in [-0.2, 0) is 4.79 Å². The summed E-state index contributed by atoms with van der Waals surface area (Å²) in [4.78, 5) is 25.6. The largest absolute Gasteiger partial charge is 0.351 e. The molecular formula is C17H26N4O2. The summed E-state index contributed by atoms with van der Waals surface area (Å²) in [6.45, 7) is 7.66. The number of hydrogen-bond donors (Lipinski definition) is 1.